The maximum atomic E-state index is 16.2. The van der Waals surface area contributed by atoms with Crippen LogP contribution in [-0.4, -0.2) is 85.3 Å². The first kappa shape index (κ1) is 42.3. The fourth-order valence-electron chi connectivity index (χ4n) is 10.1. The zero-order valence-electron chi connectivity index (χ0n) is 35.6. The molecule has 14 nitrogen and oxygen atoms in total. The highest BCUT2D eigenvalue weighted by molar-refractivity contribution is 6.25. The van der Waals surface area contributed by atoms with Crippen LogP contribution in [0.15, 0.2) is 133 Å². The second-order valence-electron chi connectivity index (χ2n) is 16.8. The van der Waals surface area contributed by atoms with Crippen LogP contribution in [0.5, 0.6) is 5.75 Å². The monoisotopic (exact) mass is 863 g/mol. The van der Waals surface area contributed by atoms with E-state index in [1.807, 2.05) is 77.7 Å². The van der Waals surface area contributed by atoms with Gasteiger partial charge in [0.05, 0.1) is 44.0 Å². The van der Waals surface area contributed by atoms with Gasteiger partial charge in [-0.2, -0.15) is 0 Å². The lowest BCUT2D eigenvalue weighted by atomic mass is 9.65. The Bertz CT molecular complexity index is 2550. The number of anilines is 3. The molecule has 64 heavy (non-hydrogen) atoms. The van der Waals surface area contributed by atoms with E-state index in [4.69, 9.17) is 14.2 Å². The molecule has 1 spiro atoms. The van der Waals surface area contributed by atoms with Crippen LogP contribution in [0.3, 0.4) is 0 Å². The molecular weight excluding hydrogens is 815 g/mol. The number of benzene rings is 5. The molecule has 0 aliphatic carbocycles. The summed E-state index contributed by atoms with van der Waals surface area (Å²) in [6.07, 6.45) is -0.906. The van der Waals surface area contributed by atoms with E-state index in [9.17, 15) is 14.7 Å². The smallest absolute Gasteiger partial charge is 0.329 e. The standard InChI is InChI=1S/C50H49N5O9/c1-30(2)40(46(58)62-3)52-49(61)54-38-17-11-10-16-37(38)50(48(54)60)39(45(57)51-34-20-22-35(23-21-34)53-26-28-63-29-27-53)42-47(59)64-43(32-14-8-5-9-15-32)41(31-12-6-4-7-13-31)55(42)44(50)33-18-24-36(56)25-19-33/h4-25,30,39-44,56H,26-29H2,1-3H3,(H,51,57)(H,52,61)/t39-,40-,41-,42-,43+,44+,50-/m0/s1. The summed E-state index contributed by atoms with van der Waals surface area (Å²) in [6, 6.07) is 33.9. The number of esters is 2. The third-order valence-corrected chi connectivity index (χ3v) is 13.0. The summed E-state index contributed by atoms with van der Waals surface area (Å²) in [6.45, 7) is 6.10. The highest BCUT2D eigenvalue weighted by atomic mass is 16.6. The normalized spacial score (nSPS) is 24.5. The third kappa shape index (κ3) is 7.12. The van der Waals surface area contributed by atoms with Crippen molar-refractivity contribution < 1.29 is 43.3 Å². The molecular formula is C50H49N5O9. The lowest BCUT2D eigenvalue weighted by molar-refractivity contribution is -0.177. The van der Waals surface area contributed by atoms with Gasteiger partial charge in [0.2, 0.25) is 11.8 Å². The number of amides is 4. The predicted molar refractivity (Wildman–Crippen MR) is 237 cm³/mol. The Morgan fingerprint density at radius 2 is 1.39 bits per heavy atom. The number of cyclic esters (lactones) is 1. The number of morpholine rings is 2. The second-order valence-corrected chi connectivity index (χ2v) is 16.8. The van der Waals surface area contributed by atoms with Crippen molar-refractivity contribution in [3.63, 3.8) is 0 Å². The van der Waals surface area contributed by atoms with E-state index in [1.165, 1.54) is 19.2 Å². The van der Waals surface area contributed by atoms with Gasteiger partial charge in [-0.05, 0) is 70.6 Å². The second kappa shape index (κ2) is 17.3. The highest BCUT2D eigenvalue weighted by Gasteiger charge is 2.75. The number of nitrogens with zero attached hydrogens (tertiary/aromatic N) is 3. The van der Waals surface area contributed by atoms with Gasteiger partial charge < -0.3 is 34.9 Å². The Labute approximate surface area is 370 Å². The SMILES string of the molecule is COC(=O)[C@@H](NC(=O)N1C(=O)[C@@]2(c3ccccc31)[C@H](C(=O)Nc1ccc(N3CCOCC3)cc1)[C@H]1C(=O)O[C@H](c3ccccc3)[C@H](c3ccccc3)N1[C@@H]2c1ccc(O)cc1)C(C)C. The number of phenolic OH excluding ortho intramolecular Hbond substituents is 1. The quantitative estimate of drug-likeness (QED) is 0.140. The Kier molecular flexibility index (Phi) is 11.4. The van der Waals surface area contributed by atoms with Gasteiger partial charge in [-0.1, -0.05) is 105 Å². The summed E-state index contributed by atoms with van der Waals surface area (Å²) >= 11 is 0. The number of hydrogen-bond acceptors (Lipinski definition) is 11. The number of imide groups is 1. The number of methoxy groups -OCH3 is 1. The van der Waals surface area contributed by atoms with Crippen LogP contribution in [0, 0.1) is 11.8 Å². The van der Waals surface area contributed by atoms with E-state index in [0.29, 0.717) is 48.7 Å². The minimum absolute atomic E-state index is 0.0383. The first-order chi connectivity index (χ1) is 31.0. The van der Waals surface area contributed by atoms with Gasteiger partial charge in [0, 0.05) is 24.5 Å². The fraction of sp³-hybridized carbons (Fsp3) is 0.300. The molecule has 3 fully saturated rings. The zero-order chi connectivity index (χ0) is 44.7. The van der Waals surface area contributed by atoms with E-state index in [2.05, 4.69) is 15.5 Å². The van der Waals surface area contributed by atoms with Crippen molar-refractivity contribution in [2.45, 2.75) is 49.5 Å². The molecule has 4 amide bonds. The van der Waals surface area contributed by atoms with Crippen LogP contribution >= 0.6 is 0 Å². The molecule has 9 rings (SSSR count). The van der Waals surface area contributed by atoms with Crippen LogP contribution in [-0.2, 0) is 38.8 Å². The summed E-state index contributed by atoms with van der Waals surface area (Å²) in [5, 5.41) is 16.5. The first-order valence-corrected chi connectivity index (χ1v) is 21.5. The van der Waals surface area contributed by atoms with Crippen LogP contribution < -0.4 is 20.4 Å². The number of carbonyl (C=O) groups is 5. The molecule has 5 aromatic carbocycles. The molecule has 328 valence electrons. The number of phenols is 1. The third-order valence-electron chi connectivity index (χ3n) is 13.0. The molecule has 4 heterocycles. The number of hydrogen-bond donors (Lipinski definition) is 3. The van der Waals surface area contributed by atoms with E-state index in [-0.39, 0.29) is 11.4 Å². The van der Waals surface area contributed by atoms with Crippen molar-refractivity contribution in [2.24, 2.45) is 11.8 Å². The van der Waals surface area contributed by atoms with Crippen LogP contribution in [0.2, 0.25) is 0 Å². The molecule has 14 heteroatoms. The molecule has 7 atom stereocenters. The maximum Gasteiger partial charge on any atom is 0.329 e. The Morgan fingerprint density at radius 1 is 0.766 bits per heavy atom. The van der Waals surface area contributed by atoms with Crippen molar-refractivity contribution in [3.8, 4) is 5.75 Å². The van der Waals surface area contributed by atoms with Crippen molar-refractivity contribution in [3.05, 3.63) is 156 Å². The van der Waals surface area contributed by atoms with Crippen molar-refractivity contribution in [1.29, 1.82) is 0 Å². The summed E-state index contributed by atoms with van der Waals surface area (Å²) < 4.78 is 17.1. The lowest BCUT2D eigenvalue weighted by Crippen LogP contribution is -2.57. The van der Waals surface area contributed by atoms with Crippen LogP contribution in [0.4, 0.5) is 21.9 Å². The van der Waals surface area contributed by atoms with Gasteiger partial charge in [-0.25, -0.2) is 14.5 Å². The Hall–Kier alpha value is -7.03. The van der Waals surface area contributed by atoms with E-state index < -0.39 is 77.3 Å². The van der Waals surface area contributed by atoms with E-state index in [0.717, 1.165) is 16.2 Å². The summed E-state index contributed by atoms with van der Waals surface area (Å²) in [4.78, 5) is 79.9. The van der Waals surface area contributed by atoms with Gasteiger partial charge in [0.15, 0.2) is 0 Å². The topological polar surface area (TPSA) is 167 Å². The zero-order valence-corrected chi connectivity index (χ0v) is 35.6. The van der Waals surface area contributed by atoms with Gasteiger partial charge in [0.25, 0.3) is 0 Å². The lowest BCUT2D eigenvalue weighted by Gasteiger charge is -2.46. The molecule has 4 aliphatic rings. The Balaban J connectivity index is 1.27. The van der Waals surface area contributed by atoms with Crippen LogP contribution in [0.25, 0.3) is 0 Å². The molecule has 4 aliphatic heterocycles. The van der Waals surface area contributed by atoms with E-state index >= 15 is 14.4 Å². The number of para-hydroxylation sites is 1. The molecule has 0 radical (unpaired) electrons. The predicted octanol–water partition coefficient (Wildman–Crippen LogP) is 6.44. The number of nitrogens with one attached hydrogen (secondary N) is 2. The molecule has 0 saturated carbocycles. The van der Waals surface area contributed by atoms with Crippen molar-refractivity contribution in [2.75, 3.05) is 48.5 Å². The minimum Gasteiger partial charge on any atom is -0.508 e. The molecule has 0 bridgehead atoms. The average Bonchev–Trinajstić information content (AvgIpc) is 3.78. The molecule has 0 aromatic heterocycles. The number of rotatable bonds is 9. The minimum atomic E-state index is -2.00. The maximum absolute atomic E-state index is 16.2. The largest absolute Gasteiger partial charge is 0.508 e. The summed E-state index contributed by atoms with van der Waals surface area (Å²) in [5.74, 6) is -4.86. The number of carbonyl (C=O) groups excluding carboxylic acids is 5. The first-order valence-electron chi connectivity index (χ1n) is 21.5. The number of urea groups is 1. The molecule has 0 unspecified atom stereocenters. The number of aromatic hydroxyl groups is 1. The summed E-state index contributed by atoms with van der Waals surface area (Å²) in [7, 11) is 1.22. The van der Waals surface area contributed by atoms with Gasteiger partial charge >= 0.3 is 18.0 Å². The molecule has 3 N–H and O–H groups in total. The van der Waals surface area contributed by atoms with Gasteiger partial charge in [0.1, 0.15) is 29.4 Å². The summed E-state index contributed by atoms with van der Waals surface area (Å²) in [5.41, 5.74) is 1.81. The molecule has 5 aromatic rings. The van der Waals surface area contributed by atoms with Crippen molar-refractivity contribution in [1.82, 2.24) is 10.2 Å². The average molecular weight is 864 g/mol. The number of ether oxygens (including phenoxy) is 3. The highest BCUT2D eigenvalue weighted by Crippen LogP contribution is 2.66. The number of fused-ring (bicyclic) bond motifs is 3. The van der Waals surface area contributed by atoms with Crippen molar-refractivity contribution >= 4 is 46.8 Å². The van der Waals surface area contributed by atoms with Crippen LogP contribution in [0.1, 0.15) is 54.3 Å². The fourth-order valence-corrected chi connectivity index (χ4v) is 10.1. The van der Waals surface area contributed by atoms with Gasteiger partial charge in [-0.3, -0.25) is 19.3 Å². The van der Waals surface area contributed by atoms with E-state index in [1.54, 1.807) is 62.4 Å². The molecule has 3 saturated heterocycles. The van der Waals surface area contributed by atoms with Gasteiger partial charge in [-0.15, -0.1) is 0 Å². The Morgan fingerprint density at radius 3 is 2.03 bits per heavy atom.